The van der Waals surface area contributed by atoms with Crippen LogP contribution in [0.4, 0.5) is 0 Å². The maximum Gasteiger partial charge on any atom is 0.0938 e. The van der Waals surface area contributed by atoms with Crippen molar-refractivity contribution in [1.29, 1.82) is 0 Å². The maximum absolute atomic E-state index is 6.11. The third-order valence-corrected chi connectivity index (χ3v) is 3.14. The summed E-state index contributed by atoms with van der Waals surface area (Å²) in [5.41, 5.74) is 1.43. The van der Waals surface area contributed by atoms with Crippen LogP contribution in [0.3, 0.4) is 0 Å². The van der Waals surface area contributed by atoms with Gasteiger partial charge in [-0.25, -0.2) is 0 Å². The molecule has 1 aliphatic heterocycles. The van der Waals surface area contributed by atoms with Crippen LogP contribution in [0.5, 0.6) is 0 Å². The van der Waals surface area contributed by atoms with Crippen molar-refractivity contribution in [3.8, 4) is 0 Å². The highest BCUT2D eigenvalue weighted by atomic mass is 16.5. The van der Waals surface area contributed by atoms with Crippen molar-refractivity contribution in [3.63, 3.8) is 0 Å². The minimum Gasteiger partial charge on any atom is -0.364 e. The molecule has 2 heteroatoms. The smallest absolute Gasteiger partial charge is 0.0938 e. The highest BCUT2D eigenvalue weighted by molar-refractivity contribution is 5.27. The van der Waals surface area contributed by atoms with E-state index in [0.717, 1.165) is 13.1 Å². The Bertz CT molecular complexity index is 314. The molecule has 1 N–H and O–H groups in total. The van der Waals surface area contributed by atoms with Crippen molar-refractivity contribution >= 4 is 0 Å². The van der Waals surface area contributed by atoms with Crippen molar-refractivity contribution in [2.45, 2.75) is 24.5 Å². The van der Waals surface area contributed by atoms with E-state index in [1.54, 1.807) is 0 Å². The molecule has 1 aromatic rings. The van der Waals surface area contributed by atoms with Gasteiger partial charge in [0.05, 0.1) is 11.7 Å². The lowest BCUT2D eigenvalue weighted by Crippen LogP contribution is -2.50. The molecule has 0 atom stereocenters. The second kappa shape index (κ2) is 3.07. The number of ether oxygens (including phenoxy) is 1. The lowest BCUT2D eigenvalue weighted by molar-refractivity contribution is -0.0570. The summed E-state index contributed by atoms with van der Waals surface area (Å²) in [6, 6.07) is 10.6. The minimum atomic E-state index is 0.0774. The lowest BCUT2D eigenvalue weighted by Gasteiger charge is -2.32. The van der Waals surface area contributed by atoms with E-state index in [4.69, 9.17) is 4.74 Å². The molecule has 14 heavy (non-hydrogen) atoms. The standard InChI is InChI=1S/C12H15NO/c1-2-4-10(5-3-1)12(6-7-12)14-11-8-13-9-11/h1-5,11,13H,6-9H2. The number of rotatable bonds is 3. The van der Waals surface area contributed by atoms with E-state index < -0.39 is 0 Å². The number of hydrogen-bond donors (Lipinski definition) is 1. The van der Waals surface area contributed by atoms with Crippen LogP contribution >= 0.6 is 0 Å². The molecule has 0 radical (unpaired) electrons. The van der Waals surface area contributed by atoms with Gasteiger partial charge in [-0.1, -0.05) is 30.3 Å². The van der Waals surface area contributed by atoms with Gasteiger partial charge in [0.25, 0.3) is 0 Å². The zero-order valence-corrected chi connectivity index (χ0v) is 8.20. The monoisotopic (exact) mass is 189 g/mol. The molecule has 2 aliphatic rings. The van der Waals surface area contributed by atoms with Gasteiger partial charge in [0.1, 0.15) is 0 Å². The molecule has 0 spiro atoms. The van der Waals surface area contributed by atoms with Gasteiger partial charge in [0.2, 0.25) is 0 Å². The summed E-state index contributed by atoms with van der Waals surface area (Å²) in [5.74, 6) is 0. The first-order valence-corrected chi connectivity index (χ1v) is 5.33. The van der Waals surface area contributed by atoms with Gasteiger partial charge in [0.15, 0.2) is 0 Å². The molecule has 1 aliphatic carbocycles. The summed E-state index contributed by atoms with van der Waals surface area (Å²) >= 11 is 0. The van der Waals surface area contributed by atoms with Crippen molar-refractivity contribution < 1.29 is 4.74 Å². The van der Waals surface area contributed by atoms with Crippen LogP contribution in [0.15, 0.2) is 30.3 Å². The van der Waals surface area contributed by atoms with Crippen LogP contribution in [-0.2, 0) is 10.3 Å². The Morgan fingerprint density at radius 2 is 1.86 bits per heavy atom. The molecule has 2 nitrogen and oxygen atoms in total. The second-order valence-electron chi connectivity index (χ2n) is 4.26. The van der Waals surface area contributed by atoms with Gasteiger partial charge in [-0.3, -0.25) is 0 Å². The molecule has 0 amide bonds. The molecular weight excluding hydrogens is 174 g/mol. The number of benzene rings is 1. The Labute approximate surface area is 84.3 Å². The minimum absolute atomic E-state index is 0.0774. The van der Waals surface area contributed by atoms with Crippen LogP contribution in [0, 0.1) is 0 Å². The molecule has 0 aromatic heterocycles. The summed E-state index contributed by atoms with van der Waals surface area (Å²) in [5, 5.41) is 3.24. The molecule has 1 heterocycles. The molecule has 1 aromatic carbocycles. The number of hydrogen-bond acceptors (Lipinski definition) is 2. The fourth-order valence-corrected chi connectivity index (χ4v) is 1.99. The normalized spacial score (nSPS) is 24.3. The zero-order chi connectivity index (χ0) is 9.43. The average Bonchev–Trinajstić information content (AvgIpc) is 2.94. The van der Waals surface area contributed by atoms with Crippen molar-refractivity contribution in [2.75, 3.05) is 13.1 Å². The summed E-state index contributed by atoms with van der Waals surface area (Å²) < 4.78 is 6.11. The van der Waals surface area contributed by atoms with Gasteiger partial charge < -0.3 is 10.1 Å². The molecule has 1 saturated heterocycles. The Hall–Kier alpha value is -0.860. The predicted molar refractivity (Wildman–Crippen MR) is 55.1 cm³/mol. The Balaban J connectivity index is 1.76. The first kappa shape index (κ1) is 8.45. The van der Waals surface area contributed by atoms with Gasteiger partial charge >= 0.3 is 0 Å². The molecule has 3 rings (SSSR count). The average molecular weight is 189 g/mol. The summed E-state index contributed by atoms with van der Waals surface area (Å²) in [6.07, 6.45) is 2.82. The molecule has 1 saturated carbocycles. The van der Waals surface area contributed by atoms with E-state index in [1.807, 2.05) is 0 Å². The summed E-state index contributed by atoms with van der Waals surface area (Å²) in [4.78, 5) is 0. The topological polar surface area (TPSA) is 21.3 Å². The van der Waals surface area contributed by atoms with Crippen molar-refractivity contribution in [1.82, 2.24) is 5.32 Å². The SMILES string of the molecule is c1ccc(C2(OC3CNC3)CC2)cc1. The maximum atomic E-state index is 6.11. The third kappa shape index (κ3) is 1.35. The van der Waals surface area contributed by atoms with E-state index in [1.165, 1.54) is 18.4 Å². The predicted octanol–water partition coefficient (Wildman–Crippen LogP) is 1.66. The van der Waals surface area contributed by atoms with Gasteiger partial charge in [0, 0.05) is 13.1 Å². The van der Waals surface area contributed by atoms with E-state index >= 15 is 0 Å². The largest absolute Gasteiger partial charge is 0.364 e. The van der Waals surface area contributed by atoms with E-state index in [2.05, 4.69) is 35.6 Å². The van der Waals surface area contributed by atoms with Crippen LogP contribution in [0.1, 0.15) is 18.4 Å². The molecule has 2 fully saturated rings. The highest BCUT2D eigenvalue weighted by Crippen LogP contribution is 2.50. The summed E-state index contributed by atoms with van der Waals surface area (Å²) in [6.45, 7) is 2.04. The fourth-order valence-electron chi connectivity index (χ4n) is 1.99. The second-order valence-corrected chi connectivity index (χ2v) is 4.26. The van der Waals surface area contributed by atoms with Crippen molar-refractivity contribution in [3.05, 3.63) is 35.9 Å². The van der Waals surface area contributed by atoms with E-state index in [0.29, 0.717) is 6.10 Å². The van der Waals surface area contributed by atoms with E-state index in [-0.39, 0.29) is 5.60 Å². The van der Waals surface area contributed by atoms with E-state index in [9.17, 15) is 0 Å². The third-order valence-electron chi connectivity index (χ3n) is 3.14. The molecular formula is C12H15NO. The molecule has 74 valence electrons. The first-order chi connectivity index (χ1) is 6.89. The Kier molecular flexibility index (Phi) is 1.85. The van der Waals surface area contributed by atoms with Crippen LogP contribution in [-0.4, -0.2) is 19.2 Å². The van der Waals surface area contributed by atoms with Crippen molar-refractivity contribution in [2.24, 2.45) is 0 Å². The zero-order valence-electron chi connectivity index (χ0n) is 8.20. The molecule has 0 bridgehead atoms. The first-order valence-electron chi connectivity index (χ1n) is 5.33. The van der Waals surface area contributed by atoms with Gasteiger partial charge in [-0.15, -0.1) is 0 Å². The van der Waals surface area contributed by atoms with Crippen LogP contribution < -0.4 is 5.32 Å². The van der Waals surface area contributed by atoms with Gasteiger partial charge in [-0.05, 0) is 18.4 Å². The van der Waals surface area contributed by atoms with Gasteiger partial charge in [-0.2, -0.15) is 0 Å². The lowest BCUT2D eigenvalue weighted by atomic mass is 10.1. The van der Waals surface area contributed by atoms with Crippen LogP contribution in [0.2, 0.25) is 0 Å². The van der Waals surface area contributed by atoms with Crippen LogP contribution in [0.25, 0.3) is 0 Å². The molecule has 0 unspecified atom stereocenters. The Morgan fingerprint density at radius 1 is 1.14 bits per heavy atom. The quantitative estimate of drug-likeness (QED) is 0.781. The Morgan fingerprint density at radius 3 is 2.36 bits per heavy atom. The summed E-state index contributed by atoms with van der Waals surface area (Å²) in [7, 11) is 0. The highest BCUT2D eigenvalue weighted by Gasteiger charge is 2.47. The fraction of sp³-hybridized carbons (Fsp3) is 0.500. The number of nitrogens with one attached hydrogen (secondary N) is 1.